The molecule has 0 unspecified atom stereocenters. The second-order valence-electron chi connectivity index (χ2n) is 5.05. The quantitative estimate of drug-likeness (QED) is 0.843. The van der Waals surface area contributed by atoms with Gasteiger partial charge in [0.1, 0.15) is 5.82 Å². The van der Waals surface area contributed by atoms with E-state index in [1.807, 2.05) is 19.0 Å². The van der Waals surface area contributed by atoms with Crippen LogP contribution in [0.4, 0.5) is 4.39 Å². The minimum atomic E-state index is -3.62. The van der Waals surface area contributed by atoms with Crippen molar-refractivity contribution in [3.63, 3.8) is 0 Å². The molecule has 0 bridgehead atoms. The van der Waals surface area contributed by atoms with E-state index in [-0.39, 0.29) is 22.6 Å². The number of hydrogen-bond donors (Lipinski definition) is 1. The van der Waals surface area contributed by atoms with Gasteiger partial charge in [-0.25, -0.2) is 12.8 Å². The molecule has 0 aliphatic heterocycles. The van der Waals surface area contributed by atoms with Crippen molar-refractivity contribution in [2.24, 2.45) is 5.73 Å². The summed E-state index contributed by atoms with van der Waals surface area (Å²) in [5.41, 5.74) is 5.95. The van der Waals surface area contributed by atoms with E-state index in [0.717, 1.165) is 0 Å². The summed E-state index contributed by atoms with van der Waals surface area (Å²) in [6.07, 6.45) is 0. The van der Waals surface area contributed by atoms with Crippen LogP contribution in [0.2, 0.25) is 0 Å². The first-order chi connectivity index (χ1) is 9.20. The van der Waals surface area contributed by atoms with E-state index in [4.69, 9.17) is 5.73 Å². The molecule has 1 rings (SSSR count). The average molecular weight is 303 g/mol. The zero-order valence-corrected chi connectivity index (χ0v) is 13.2. The second-order valence-corrected chi connectivity index (χ2v) is 7.09. The third-order valence-electron chi connectivity index (χ3n) is 3.09. The first-order valence-corrected chi connectivity index (χ1v) is 7.74. The van der Waals surface area contributed by atoms with Crippen LogP contribution < -0.4 is 5.73 Å². The maximum atomic E-state index is 13.7. The molecule has 0 aliphatic carbocycles. The Bertz CT molecular complexity index is 573. The maximum absolute atomic E-state index is 13.7. The van der Waals surface area contributed by atoms with Crippen LogP contribution in [0.1, 0.15) is 11.1 Å². The fraction of sp³-hybridized carbons (Fsp3) is 0.538. The molecule has 0 aliphatic rings. The Labute approximate surface area is 120 Å². The largest absolute Gasteiger partial charge is 0.326 e. The SMILES string of the molecule is Cc1cc(S(=O)(=O)N(C)CCN(C)C)cc(CN)c1F. The first kappa shape index (κ1) is 17.0. The Morgan fingerprint density at radius 3 is 2.30 bits per heavy atom. The molecule has 5 nitrogen and oxygen atoms in total. The van der Waals surface area contributed by atoms with Gasteiger partial charge in [-0.1, -0.05) is 0 Å². The summed E-state index contributed by atoms with van der Waals surface area (Å²) in [4.78, 5) is 1.98. The van der Waals surface area contributed by atoms with Crippen LogP contribution in [0.15, 0.2) is 17.0 Å². The Kier molecular flexibility index (Phi) is 5.64. The molecule has 0 fully saturated rings. The van der Waals surface area contributed by atoms with Gasteiger partial charge in [0, 0.05) is 32.2 Å². The third kappa shape index (κ3) is 3.76. The molecule has 0 saturated heterocycles. The zero-order valence-electron chi connectivity index (χ0n) is 12.4. The Balaban J connectivity index is 3.12. The lowest BCUT2D eigenvalue weighted by Gasteiger charge is -2.20. The van der Waals surface area contributed by atoms with Crippen molar-refractivity contribution in [3.8, 4) is 0 Å². The monoisotopic (exact) mass is 303 g/mol. The summed E-state index contributed by atoms with van der Waals surface area (Å²) < 4.78 is 39.8. The van der Waals surface area contributed by atoms with Crippen LogP contribution in [0.25, 0.3) is 0 Å². The Morgan fingerprint density at radius 1 is 1.20 bits per heavy atom. The highest BCUT2D eigenvalue weighted by Gasteiger charge is 2.22. The molecule has 0 atom stereocenters. The fourth-order valence-electron chi connectivity index (χ4n) is 1.75. The summed E-state index contributed by atoms with van der Waals surface area (Å²) in [5, 5.41) is 0. The molecule has 7 heteroatoms. The van der Waals surface area contributed by atoms with Crippen molar-refractivity contribution in [1.29, 1.82) is 0 Å². The number of halogens is 1. The number of benzene rings is 1. The van der Waals surface area contributed by atoms with Crippen molar-refractivity contribution in [2.45, 2.75) is 18.4 Å². The van der Waals surface area contributed by atoms with Crippen LogP contribution in [0, 0.1) is 12.7 Å². The molecule has 114 valence electrons. The molecule has 0 spiro atoms. The van der Waals surface area contributed by atoms with Crippen molar-refractivity contribution >= 4 is 10.0 Å². The summed E-state index contributed by atoms with van der Waals surface area (Å²) >= 11 is 0. The molecule has 1 aromatic carbocycles. The lowest BCUT2D eigenvalue weighted by Crippen LogP contribution is -2.33. The predicted molar refractivity (Wildman–Crippen MR) is 77.4 cm³/mol. The lowest BCUT2D eigenvalue weighted by molar-refractivity contribution is 0.358. The minimum absolute atomic E-state index is 0.0303. The van der Waals surface area contributed by atoms with Crippen molar-refractivity contribution < 1.29 is 12.8 Å². The first-order valence-electron chi connectivity index (χ1n) is 6.30. The average Bonchev–Trinajstić information content (AvgIpc) is 2.38. The smallest absolute Gasteiger partial charge is 0.242 e. The van der Waals surface area contributed by atoms with Crippen LogP contribution in [-0.2, 0) is 16.6 Å². The van der Waals surface area contributed by atoms with E-state index < -0.39 is 15.8 Å². The zero-order chi connectivity index (χ0) is 15.5. The summed E-state index contributed by atoms with van der Waals surface area (Å²) in [7, 11) is 1.63. The number of rotatable bonds is 6. The number of sulfonamides is 1. The highest BCUT2D eigenvalue weighted by Crippen LogP contribution is 2.21. The van der Waals surface area contributed by atoms with Crippen LogP contribution >= 0.6 is 0 Å². The number of aryl methyl sites for hydroxylation is 1. The minimum Gasteiger partial charge on any atom is -0.326 e. The number of likely N-dealkylation sites (N-methyl/N-ethyl adjacent to an activating group) is 2. The molecule has 0 amide bonds. The van der Waals surface area contributed by atoms with Crippen molar-refractivity contribution in [2.75, 3.05) is 34.2 Å². The van der Waals surface area contributed by atoms with E-state index in [1.54, 1.807) is 0 Å². The Hall–Kier alpha value is -1.02. The van der Waals surface area contributed by atoms with E-state index in [9.17, 15) is 12.8 Å². The van der Waals surface area contributed by atoms with Gasteiger partial charge >= 0.3 is 0 Å². The summed E-state index contributed by atoms with van der Waals surface area (Å²) in [5.74, 6) is -0.442. The molecule has 0 heterocycles. The number of hydrogen-bond acceptors (Lipinski definition) is 4. The van der Waals surface area contributed by atoms with Crippen molar-refractivity contribution in [1.82, 2.24) is 9.21 Å². The molecule has 0 radical (unpaired) electrons. The molecule has 0 aromatic heterocycles. The summed E-state index contributed by atoms with van der Waals surface area (Å²) in [6.45, 7) is 2.48. The van der Waals surface area contributed by atoms with Gasteiger partial charge in [0.15, 0.2) is 0 Å². The normalized spacial score (nSPS) is 12.4. The van der Waals surface area contributed by atoms with E-state index in [1.165, 1.54) is 30.4 Å². The highest BCUT2D eigenvalue weighted by atomic mass is 32.2. The van der Waals surface area contributed by atoms with Crippen LogP contribution in [-0.4, -0.2) is 51.9 Å². The van der Waals surface area contributed by atoms with Gasteiger partial charge < -0.3 is 10.6 Å². The molecule has 20 heavy (non-hydrogen) atoms. The molecule has 1 aromatic rings. The van der Waals surface area contributed by atoms with Gasteiger partial charge in [-0.3, -0.25) is 0 Å². The van der Waals surface area contributed by atoms with Gasteiger partial charge in [-0.2, -0.15) is 4.31 Å². The van der Waals surface area contributed by atoms with Crippen LogP contribution in [0.5, 0.6) is 0 Å². The molecular weight excluding hydrogens is 281 g/mol. The van der Waals surface area contributed by atoms with Gasteiger partial charge in [-0.05, 0) is 38.7 Å². The predicted octanol–water partition coefficient (Wildman–Crippen LogP) is 0.775. The van der Waals surface area contributed by atoms with E-state index in [2.05, 4.69) is 0 Å². The van der Waals surface area contributed by atoms with Gasteiger partial charge in [0.25, 0.3) is 0 Å². The van der Waals surface area contributed by atoms with Crippen LogP contribution in [0.3, 0.4) is 0 Å². The van der Waals surface area contributed by atoms with E-state index >= 15 is 0 Å². The fourth-order valence-corrected chi connectivity index (χ4v) is 3.04. The van der Waals surface area contributed by atoms with Gasteiger partial charge in [-0.15, -0.1) is 0 Å². The number of nitrogens with zero attached hydrogens (tertiary/aromatic N) is 2. The van der Waals surface area contributed by atoms with Gasteiger partial charge in [0.05, 0.1) is 4.90 Å². The third-order valence-corrected chi connectivity index (χ3v) is 4.93. The van der Waals surface area contributed by atoms with E-state index in [0.29, 0.717) is 13.1 Å². The molecule has 2 N–H and O–H groups in total. The molecular formula is C13H22FN3O2S. The Morgan fingerprint density at radius 2 is 1.80 bits per heavy atom. The molecule has 0 saturated carbocycles. The van der Waals surface area contributed by atoms with Gasteiger partial charge in [0.2, 0.25) is 10.0 Å². The highest BCUT2D eigenvalue weighted by molar-refractivity contribution is 7.89. The van der Waals surface area contributed by atoms with Crippen molar-refractivity contribution in [3.05, 3.63) is 29.1 Å². The number of nitrogens with two attached hydrogens (primary N) is 1. The topological polar surface area (TPSA) is 66.6 Å². The second kappa shape index (κ2) is 6.62. The maximum Gasteiger partial charge on any atom is 0.242 e. The standard InChI is InChI=1S/C13H22FN3O2S/c1-10-7-12(8-11(9-15)13(10)14)20(18,19)17(4)6-5-16(2)3/h7-8H,5-6,9,15H2,1-4H3. The summed E-state index contributed by atoms with van der Waals surface area (Å²) in [6, 6.07) is 2.65. The lowest BCUT2D eigenvalue weighted by atomic mass is 10.1.